The number of nitrogens with one attached hydrogen (secondary N) is 1. The van der Waals surface area contributed by atoms with Crippen LogP contribution < -0.4 is 5.32 Å². The van der Waals surface area contributed by atoms with Gasteiger partial charge in [0.25, 0.3) is 5.91 Å². The number of ketones is 2. The summed E-state index contributed by atoms with van der Waals surface area (Å²) in [5.41, 5.74) is -8.16. The number of aliphatic hydroxyl groups is 2. The molecule has 1 heterocycles. The summed E-state index contributed by atoms with van der Waals surface area (Å²) in [5.74, 6) is -9.80. The van der Waals surface area contributed by atoms with Gasteiger partial charge in [0.2, 0.25) is 11.9 Å². The van der Waals surface area contributed by atoms with Gasteiger partial charge in [-0.25, -0.2) is 14.4 Å². The summed E-state index contributed by atoms with van der Waals surface area (Å²) >= 11 is 6.30. The van der Waals surface area contributed by atoms with Gasteiger partial charge in [-0.05, 0) is 60.9 Å². The van der Waals surface area contributed by atoms with Gasteiger partial charge in [0, 0.05) is 44.1 Å². The number of halogens is 1. The van der Waals surface area contributed by atoms with E-state index in [0.29, 0.717) is 0 Å². The first-order chi connectivity index (χ1) is 32.0. The second-order valence-electron chi connectivity index (χ2n) is 18.4. The highest BCUT2D eigenvalue weighted by Gasteiger charge is 2.78. The van der Waals surface area contributed by atoms with E-state index in [9.17, 15) is 39.0 Å². The van der Waals surface area contributed by atoms with Crippen LogP contribution >= 0.6 is 11.6 Å². The molecule has 1 amide bonds. The molecule has 1 saturated heterocycles. The molecular formula is C50H52ClNO16. The lowest BCUT2D eigenvalue weighted by molar-refractivity contribution is -0.346. The zero-order chi connectivity index (χ0) is 49.7. The quantitative estimate of drug-likeness (QED) is 0.0977. The molecule has 2 bridgehead atoms. The molecule has 0 aromatic heterocycles. The second-order valence-corrected chi connectivity index (χ2v) is 18.9. The Bertz CT molecular complexity index is 2580. The molecular weight excluding hydrogens is 906 g/mol. The van der Waals surface area contributed by atoms with Gasteiger partial charge in [-0.1, -0.05) is 80.0 Å². The van der Waals surface area contributed by atoms with Gasteiger partial charge in [0.05, 0.1) is 35.2 Å². The summed E-state index contributed by atoms with van der Waals surface area (Å²) in [6, 6.07) is 19.6. The van der Waals surface area contributed by atoms with Crippen molar-refractivity contribution in [1.82, 2.24) is 5.32 Å². The van der Waals surface area contributed by atoms with Gasteiger partial charge in [0.15, 0.2) is 17.5 Å². The number of amides is 1. The number of rotatable bonds is 12. The largest absolute Gasteiger partial charge is 0.455 e. The van der Waals surface area contributed by atoms with Gasteiger partial charge >= 0.3 is 29.8 Å². The van der Waals surface area contributed by atoms with Gasteiger partial charge in [-0.3, -0.25) is 24.0 Å². The van der Waals surface area contributed by atoms with Crippen LogP contribution in [0.5, 0.6) is 0 Å². The molecule has 2 saturated carbocycles. The molecule has 0 unspecified atom stereocenters. The van der Waals surface area contributed by atoms with Gasteiger partial charge in [-0.2, -0.15) is 0 Å². The third-order valence-electron chi connectivity index (χ3n) is 14.0. The number of ether oxygens (including phenoxy) is 6. The van der Waals surface area contributed by atoms with Crippen LogP contribution in [-0.4, -0.2) is 112 Å². The van der Waals surface area contributed by atoms with E-state index >= 15 is 9.59 Å². The Morgan fingerprint density at radius 2 is 1.46 bits per heavy atom. The number of hydrogen-bond donors (Lipinski definition) is 3. The summed E-state index contributed by atoms with van der Waals surface area (Å²) < 4.78 is 36.4. The second kappa shape index (κ2) is 18.7. The maximum absolute atomic E-state index is 15.7. The highest BCUT2D eigenvalue weighted by Crippen LogP contribution is 2.64. The lowest BCUT2D eigenvalue weighted by Crippen LogP contribution is -2.82. The van der Waals surface area contributed by atoms with E-state index in [1.165, 1.54) is 76.2 Å². The fourth-order valence-electron chi connectivity index (χ4n) is 10.5. The fourth-order valence-corrected chi connectivity index (χ4v) is 10.7. The Hall–Kier alpha value is -6.27. The Morgan fingerprint density at radius 3 is 2.03 bits per heavy atom. The first kappa shape index (κ1) is 49.6. The van der Waals surface area contributed by atoms with Crippen LogP contribution in [0.4, 0.5) is 0 Å². The molecule has 360 valence electrons. The average Bonchev–Trinajstić information content (AvgIpc) is 3.28. The molecule has 3 aliphatic carbocycles. The Labute approximate surface area is 396 Å². The smallest absolute Gasteiger partial charge is 0.350 e. The van der Waals surface area contributed by atoms with Gasteiger partial charge in [-0.15, -0.1) is 0 Å². The topological polar surface area (TPSA) is 244 Å². The van der Waals surface area contributed by atoms with Crippen LogP contribution in [0.2, 0.25) is 5.02 Å². The number of esters is 5. The van der Waals surface area contributed by atoms with Crippen molar-refractivity contribution in [3.05, 3.63) is 118 Å². The normalized spacial score (nSPS) is 29.9. The van der Waals surface area contributed by atoms with Crippen LogP contribution in [0.25, 0.3) is 0 Å². The minimum absolute atomic E-state index is 0.00843. The third kappa shape index (κ3) is 8.61. The maximum Gasteiger partial charge on any atom is 0.350 e. The number of fused-ring (bicyclic) bond motifs is 5. The highest BCUT2D eigenvalue weighted by atomic mass is 35.5. The number of carbonyl (C=O) groups excluding carboxylic acids is 8. The summed E-state index contributed by atoms with van der Waals surface area (Å²) in [4.78, 5) is 111. The lowest BCUT2D eigenvalue weighted by atomic mass is 9.44. The van der Waals surface area contributed by atoms with E-state index in [2.05, 4.69) is 5.32 Å². The van der Waals surface area contributed by atoms with Crippen LogP contribution in [0.15, 0.2) is 96.1 Å². The van der Waals surface area contributed by atoms with Crippen LogP contribution in [-0.2, 0) is 57.2 Å². The molecule has 4 aliphatic rings. The van der Waals surface area contributed by atoms with Gasteiger partial charge in [0.1, 0.15) is 30.0 Å². The SMILES string of the molecule is CC(=O)O[C@H]1C(=O)[C@@]2(C)[C@H]([C@H](OC(=O)c3cccc(Cl)c3)[C@]3(O)C[C@H](OC(=O)[C@H](OC(=O)c4ccccc4)[C@@H](NC(=O)C(C)=O)c4ccccc4)C(C)=C1C3(C)C)[C@]1(OC(C)=O)CO[C@@H]1C[C@@H]2O. The Balaban J connectivity index is 1.45. The van der Waals surface area contributed by atoms with Crippen molar-refractivity contribution in [2.45, 2.75) is 115 Å². The van der Waals surface area contributed by atoms with E-state index in [1.807, 2.05) is 0 Å². The van der Waals surface area contributed by atoms with E-state index in [1.54, 1.807) is 36.4 Å². The van der Waals surface area contributed by atoms with Crippen LogP contribution in [0, 0.1) is 16.7 Å². The highest BCUT2D eigenvalue weighted by molar-refractivity contribution is 6.35. The first-order valence-electron chi connectivity index (χ1n) is 21.9. The molecule has 7 rings (SSSR count). The Kier molecular flexibility index (Phi) is 13.6. The lowest BCUT2D eigenvalue weighted by Gasteiger charge is -2.67. The summed E-state index contributed by atoms with van der Waals surface area (Å²) in [7, 11) is 0. The monoisotopic (exact) mass is 957 g/mol. The van der Waals surface area contributed by atoms with Crippen molar-refractivity contribution in [3.8, 4) is 0 Å². The predicted octanol–water partition coefficient (Wildman–Crippen LogP) is 4.53. The molecule has 18 heteroatoms. The average molecular weight is 958 g/mol. The van der Waals surface area contributed by atoms with Crippen molar-refractivity contribution in [3.63, 3.8) is 0 Å². The minimum atomic E-state index is -2.52. The van der Waals surface area contributed by atoms with E-state index in [4.69, 9.17) is 40.0 Å². The number of carbonyl (C=O) groups is 8. The van der Waals surface area contributed by atoms with Crippen LogP contribution in [0.1, 0.15) is 93.6 Å². The standard InChI is InChI=1S/C50H52ClNO16/c1-25-33(65-46(61)39(66-44(59)30-17-12-9-13-18-30)37(52-43(58)26(2)53)29-15-10-8-11-16-29)23-50(62)42(67-45(60)31-19-14-20-32(51)21-31)40-48(7,34(56)22-35-49(40,24-63-35)68-28(4)55)41(57)38(64-27(3)54)36(25)47(50,5)6/h8-21,33-35,37-40,42,56,62H,22-24H2,1-7H3,(H,52,58)/t33-,34-,35+,37-,38+,39+,40-,42-,48+,49-,50+/m0/s1. The number of Topliss-reactive ketones (excluding diaryl/α,β-unsaturated/α-hetero) is 2. The van der Waals surface area contributed by atoms with Gasteiger partial charge < -0.3 is 44.0 Å². The molecule has 0 radical (unpaired) electrons. The molecule has 1 aliphatic heterocycles. The Morgan fingerprint density at radius 1 is 0.824 bits per heavy atom. The van der Waals surface area contributed by atoms with E-state index < -0.39 is 124 Å². The zero-order valence-corrected chi connectivity index (χ0v) is 39.1. The molecule has 68 heavy (non-hydrogen) atoms. The number of benzene rings is 3. The molecule has 3 aromatic carbocycles. The summed E-state index contributed by atoms with van der Waals surface area (Å²) in [6.07, 6.45) is -11.2. The third-order valence-corrected chi connectivity index (χ3v) is 14.3. The molecule has 3 N–H and O–H groups in total. The fraction of sp³-hybridized carbons (Fsp3) is 0.440. The maximum atomic E-state index is 15.7. The molecule has 3 fully saturated rings. The summed E-state index contributed by atoms with van der Waals surface area (Å²) in [5, 5.41) is 28.7. The minimum Gasteiger partial charge on any atom is -0.455 e. The van der Waals surface area contributed by atoms with Crippen molar-refractivity contribution in [2.75, 3.05) is 6.61 Å². The van der Waals surface area contributed by atoms with E-state index in [0.717, 1.165) is 20.8 Å². The molecule has 11 atom stereocenters. The first-order valence-corrected chi connectivity index (χ1v) is 22.3. The van der Waals surface area contributed by atoms with Crippen molar-refractivity contribution in [2.24, 2.45) is 16.7 Å². The van der Waals surface area contributed by atoms with Crippen molar-refractivity contribution >= 4 is 58.9 Å². The number of aliphatic hydroxyl groups excluding tert-OH is 1. The molecule has 0 spiro atoms. The molecule has 3 aromatic rings. The zero-order valence-electron chi connectivity index (χ0n) is 38.3. The van der Waals surface area contributed by atoms with Crippen molar-refractivity contribution in [1.29, 1.82) is 0 Å². The van der Waals surface area contributed by atoms with E-state index in [-0.39, 0.29) is 45.9 Å². The summed E-state index contributed by atoms with van der Waals surface area (Å²) in [6.45, 7) is 8.64. The number of hydrogen-bond acceptors (Lipinski definition) is 16. The van der Waals surface area contributed by atoms with Crippen LogP contribution in [0.3, 0.4) is 0 Å². The van der Waals surface area contributed by atoms with Crippen molar-refractivity contribution < 1.29 is 77.0 Å². The predicted molar refractivity (Wildman–Crippen MR) is 237 cm³/mol. The molecule has 17 nitrogen and oxygen atoms in total.